The number of anilines is 2. The summed E-state index contributed by atoms with van der Waals surface area (Å²) in [5.41, 5.74) is 4.95. The van der Waals surface area contributed by atoms with E-state index in [1.165, 1.54) is 21.2 Å². The van der Waals surface area contributed by atoms with E-state index in [1.54, 1.807) is 24.0 Å². The fourth-order valence-electron chi connectivity index (χ4n) is 3.56. The van der Waals surface area contributed by atoms with Crippen molar-refractivity contribution in [3.8, 4) is 0 Å². The summed E-state index contributed by atoms with van der Waals surface area (Å²) in [7, 11) is 2.09. The molecule has 0 N–H and O–H groups in total. The summed E-state index contributed by atoms with van der Waals surface area (Å²) in [6, 6.07) is 12.0. The predicted molar refractivity (Wildman–Crippen MR) is 129 cm³/mol. The molecule has 0 spiro atoms. The van der Waals surface area contributed by atoms with Gasteiger partial charge in [0.2, 0.25) is 0 Å². The maximum absolute atomic E-state index is 13.1. The molecule has 0 saturated carbocycles. The lowest BCUT2D eigenvalue weighted by Crippen LogP contribution is -2.22. The molecular weight excluding hydrogens is 404 g/mol. The lowest BCUT2D eigenvalue weighted by atomic mass is 10.0. The van der Waals surface area contributed by atoms with Crippen LogP contribution in [0.4, 0.5) is 11.5 Å². The highest BCUT2D eigenvalue weighted by Crippen LogP contribution is 2.45. The molecule has 0 fully saturated rings. The number of aromatic nitrogens is 1. The molecule has 1 aromatic heterocycles. The van der Waals surface area contributed by atoms with Crippen LogP contribution in [0.2, 0.25) is 0 Å². The monoisotopic (exact) mass is 430 g/mol. The zero-order valence-electron chi connectivity index (χ0n) is 18.3. The van der Waals surface area contributed by atoms with Gasteiger partial charge in [-0.15, -0.1) is 0 Å². The first-order valence-corrected chi connectivity index (χ1v) is 11.3. The summed E-state index contributed by atoms with van der Waals surface area (Å²) in [6.07, 6.45) is 9.46. The predicted octanol–water partition coefficient (Wildman–Crippen LogP) is 5.85. The third-order valence-electron chi connectivity index (χ3n) is 5.19. The number of carbonyl (C=O) groups excluding carboxylic acids is 1. The molecule has 0 bridgehead atoms. The molecule has 5 nitrogen and oxygen atoms in total. The normalized spacial score (nSPS) is 18.9. The number of aryl methyl sites for hydroxylation is 1. The second-order valence-electron chi connectivity index (χ2n) is 7.71. The molecule has 2 aliphatic heterocycles. The highest BCUT2D eigenvalue weighted by Gasteiger charge is 2.31. The highest BCUT2D eigenvalue weighted by molar-refractivity contribution is 8.03. The van der Waals surface area contributed by atoms with Crippen LogP contribution in [0.25, 0.3) is 0 Å². The molecule has 31 heavy (non-hydrogen) atoms. The van der Waals surface area contributed by atoms with Crippen LogP contribution in [0.15, 0.2) is 87.0 Å². The quantitative estimate of drug-likeness (QED) is 0.559. The number of hydrazone groups is 1. The molecular formula is C25H26N4OS. The number of amides is 1. The molecule has 0 aliphatic carbocycles. The first-order chi connectivity index (χ1) is 15.0. The Balaban J connectivity index is 1.58. The Morgan fingerprint density at radius 3 is 2.81 bits per heavy atom. The van der Waals surface area contributed by atoms with Crippen LogP contribution in [0.5, 0.6) is 0 Å². The first-order valence-electron chi connectivity index (χ1n) is 10.4. The Bertz CT molecular complexity index is 1130. The highest BCUT2D eigenvalue weighted by atomic mass is 32.2. The summed E-state index contributed by atoms with van der Waals surface area (Å²) >= 11 is 1.76. The Morgan fingerprint density at radius 1 is 1.23 bits per heavy atom. The van der Waals surface area contributed by atoms with E-state index < -0.39 is 0 Å². The van der Waals surface area contributed by atoms with Gasteiger partial charge in [-0.1, -0.05) is 48.9 Å². The lowest BCUT2D eigenvalue weighted by Gasteiger charge is -2.13. The van der Waals surface area contributed by atoms with Crippen molar-refractivity contribution in [2.75, 3.05) is 17.0 Å². The van der Waals surface area contributed by atoms with Crippen molar-refractivity contribution in [2.24, 2.45) is 5.10 Å². The van der Waals surface area contributed by atoms with E-state index >= 15 is 0 Å². The van der Waals surface area contributed by atoms with Crippen molar-refractivity contribution in [2.45, 2.75) is 38.5 Å². The van der Waals surface area contributed by atoms with Gasteiger partial charge in [0.05, 0.1) is 22.0 Å². The molecule has 0 atom stereocenters. The number of fused-ring (bicyclic) bond motifs is 1. The van der Waals surface area contributed by atoms with Gasteiger partial charge in [-0.3, -0.25) is 4.79 Å². The smallest absolute Gasteiger partial charge is 0.282 e. The standard InChI is InChI=1S/C25H26N4OS/c1-5-8-20-19(25(30)29(27-20)23-9-6-7-14-26-23)15-17(2)11-13-24-28(4)21-16-18(3)10-12-22(21)31-24/h6-7,9-16H,5,8H2,1-4H3/b17-11-,19-15?,24-13-. The van der Waals surface area contributed by atoms with Gasteiger partial charge in [0.1, 0.15) is 0 Å². The largest absolute Gasteiger partial charge is 0.338 e. The van der Waals surface area contributed by atoms with Gasteiger partial charge in [-0.05, 0) is 62.2 Å². The van der Waals surface area contributed by atoms with Crippen LogP contribution in [0, 0.1) is 6.92 Å². The Hall–Kier alpha value is -3.12. The van der Waals surface area contributed by atoms with Crippen molar-refractivity contribution in [1.82, 2.24) is 4.98 Å². The number of carbonyl (C=O) groups is 1. The molecule has 0 unspecified atom stereocenters. The molecule has 4 rings (SSSR count). The number of nitrogens with zero attached hydrogens (tertiary/aromatic N) is 4. The van der Waals surface area contributed by atoms with Gasteiger partial charge in [-0.2, -0.15) is 10.1 Å². The molecule has 2 aromatic rings. The molecule has 0 radical (unpaired) electrons. The van der Waals surface area contributed by atoms with Gasteiger partial charge in [-0.25, -0.2) is 4.98 Å². The van der Waals surface area contributed by atoms with Gasteiger partial charge in [0, 0.05) is 18.1 Å². The zero-order valence-corrected chi connectivity index (χ0v) is 19.1. The molecule has 3 heterocycles. The number of hydrogen-bond acceptors (Lipinski definition) is 5. The summed E-state index contributed by atoms with van der Waals surface area (Å²) in [6.45, 7) is 6.22. The Labute approximate surface area is 187 Å². The summed E-state index contributed by atoms with van der Waals surface area (Å²) in [5.74, 6) is 0.420. The minimum atomic E-state index is -0.127. The van der Waals surface area contributed by atoms with E-state index in [9.17, 15) is 4.79 Å². The first kappa shape index (κ1) is 21.1. The number of allylic oxidation sites excluding steroid dienone is 4. The van der Waals surface area contributed by atoms with Crippen LogP contribution in [-0.2, 0) is 4.79 Å². The fourth-order valence-corrected chi connectivity index (χ4v) is 4.59. The van der Waals surface area contributed by atoms with Crippen LogP contribution < -0.4 is 9.91 Å². The zero-order chi connectivity index (χ0) is 22.0. The van der Waals surface area contributed by atoms with Crippen molar-refractivity contribution >= 4 is 34.9 Å². The lowest BCUT2D eigenvalue weighted by molar-refractivity contribution is -0.114. The summed E-state index contributed by atoms with van der Waals surface area (Å²) in [4.78, 5) is 20.8. The average Bonchev–Trinajstić information content (AvgIpc) is 3.24. The average molecular weight is 431 g/mol. The van der Waals surface area contributed by atoms with Crippen molar-refractivity contribution in [3.63, 3.8) is 0 Å². The summed E-state index contributed by atoms with van der Waals surface area (Å²) < 4.78 is 0. The Kier molecular flexibility index (Phi) is 6.09. The minimum Gasteiger partial charge on any atom is -0.338 e. The SMILES string of the molecule is CCCC1=NN(c2ccccn2)C(=O)C1=C/C(C)=C\C=C1/Sc2ccc(C)cc2N1C. The van der Waals surface area contributed by atoms with E-state index in [0.29, 0.717) is 11.4 Å². The van der Waals surface area contributed by atoms with Crippen molar-refractivity contribution in [1.29, 1.82) is 0 Å². The van der Waals surface area contributed by atoms with E-state index in [1.807, 2.05) is 25.1 Å². The molecule has 158 valence electrons. The maximum Gasteiger partial charge on any atom is 0.282 e. The van der Waals surface area contributed by atoms with Crippen LogP contribution in [0.1, 0.15) is 32.3 Å². The van der Waals surface area contributed by atoms with E-state index in [4.69, 9.17) is 0 Å². The van der Waals surface area contributed by atoms with Crippen LogP contribution in [0.3, 0.4) is 0 Å². The second kappa shape index (κ2) is 8.94. The number of thioether (sulfide) groups is 1. The molecule has 1 amide bonds. The third-order valence-corrected chi connectivity index (χ3v) is 6.37. The number of pyridine rings is 1. The molecule has 6 heteroatoms. The number of hydrogen-bond donors (Lipinski definition) is 0. The van der Waals surface area contributed by atoms with Crippen LogP contribution in [-0.4, -0.2) is 23.7 Å². The van der Waals surface area contributed by atoms with Crippen LogP contribution >= 0.6 is 11.8 Å². The third kappa shape index (κ3) is 4.35. The minimum absolute atomic E-state index is 0.127. The maximum atomic E-state index is 13.1. The van der Waals surface area contributed by atoms with Gasteiger partial charge >= 0.3 is 0 Å². The van der Waals surface area contributed by atoms with Gasteiger partial charge < -0.3 is 4.90 Å². The van der Waals surface area contributed by atoms with Crippen molar-refractivity contribution < 1.29 is 4.79 Å². The molecule has 1 aromatic carbocycles. The van der Waals surface area contributed by atoms with E-state index in [2.05, 4.69) is 66.2 Å². The topological polar surface area (TPSA) is 48.8 Å². The molecule has 0 saturated heterocycles. The van der Waals surface area contributed by atoms with Gasteiger partial charge in [0.15, 0.2) is 5.82 Å². The summed E-state index contributed by atoms with van der Waals surface area (Å²) in [5, 5.41) is 7.13. The van der Waals surface area contributed by atoms with E-state index in [-0.39, 0.29) is 5.91 Å². The second-order valence-corrected chi connectivity index (χ2v) is 8.77. The van der Waals surface area contributed by atoms with E-state index in [0.717, 1.165) is 29.2 Å². The fraction of sp³-hybridized carbons (Fsp3) is 0.240. The molecule has 2 aliphatic rings. The number of rotatable bonds is 5. The number of benzene rings is 1. The van der Waals surface area contributed by atoms with Gasteiger partial charge in [0.25, 0.3) is 5.91 Å². The Morgan fingerprint density at radius 2 is 2.06 bits per heavy atom. The van der Waals surface area contributed by atoms with Crippen molar-refractivity contribution in [3.05, 3.63) is 82.6 Å².